The van der Waals surface area contributed by atoms with Crippen LogP contribution in [0.2, 0.25) is 0 Å². The molecule has 0 spiro atoms. The van der Waals surface area contributed by atoms with Crippen molar-refractivity contribution in [2.45, 2.75) is 70.3 Å². The molecular weight excluding hydrogens is 196 g/mol. The van der Waals surface area contributed by atoms with Crippen molar-refractivity contribution in [1.82, 2.24) is 5.32 Å². The molecule has 0 aromatic rings. The minimum atomic E-state index is -2.38. The van der Waals surface area contributed by atoms with Gasteiger partial charge in [-0.3, -0.25) is 0 Å². The second kappa shape index (κ2) is 6.41. The van der Waals surface area contributed by atoms with Crippen molar-refractivity contribution in [2.75, 3.05) is 6.54 Å². The molecule has 3 heteroatoms. The molecular formula is C12H23F2N. The van der Waals surface area contributed by atoms with Gasteiger partial charge in [-0.2, -0.15) is 0 Å². The molecule has 0 bridgehead atoms. The molecule has 0 aromatic carbocycles. The third kappa shape index (κ3) is 5.45. The van der Waals surface area contributed by atoms with Crippen LogP contribution in [0.15, 0.2) is 0 Å². The number of alkyl halides is 2. The Morgan fingerprint density at radius 3 is 2.27 bits per heavy atom. The Labute approximate surface area is 91.6 Å². The standard InChI is InChI=1S/C12H23F2N/c1-2-3-4-5-6-7-8-15-11-9-12(13,14)10-11/h11,15H,2-10H2,1H3. The van der Waals surface area contributed by atoms with Crippen LogP contribution in [-0.2, 0) is 0 Å². The fourth-order valence-electron chi connectivity index (χ4n) is 2.02. The minimum absolute atomic E-state index is 0.0445. The van der Waals surface area contributed by atoms with E-state index in [2.05, 4.69) is 12.2 Å². The zero-order valence-corrected chi connectivity index (χ0v) is 9.70. The van der Waals surface area contributed by atoms with Gasteiger partial charge in [-0.25, -0.2) is 8.78 Å². The van der Waals surface area contributed by atoms with Gasteiger partial charge in [-0.05, 0) is 13.0 Å². The Balaban J connectivity index is 1.78. The SMILES string of the molecule is CCCCCCCCNC1CC(F)(F)C1. The van der Waals surface area contributed by atoms with Gasteiger partial charge in [-0.1, -0.05) is 39.0 Å². The van der Waals surface area contributed by atoms with Crippen LogP contribution in [0.5, 0.6) is 0 Å². The molecule has 0 heterocycles. The monoisotopic (exact) mass is 219 g/mol. The van der Waals surface area contributed by atoms with Gasteiger partial charge in [0.25, 0.3) is 5.92 Å². The molecule has 0 amide bonds. The highest BCUT2D eigenvalue weighted by atomic mass is 19.3. The average Bonchev–Trinajstić information content (AvgIpc) is 2.13. The molecule has 15 heavy (non-hydrogen) atoms. The number of hydrogen-bond acceptors (Lipinski definition) is 1. The van der Waals surface area contributed by atoms with Gasteiger partial charge in [0.2, 0.25) is 0 Å². The van der Waals surface area contributed by atoms with Crippen molar-refractivity contribution in [2.24, 2.45) is 0 Å². The highest BCUT2D eigenvalue weighted by molar-refractivity contribution is 4.90. The van der Waals surface area contributed by atoms with E-state index in [4.69, 9.17) is 0 Å². The molecule has 1 nitrogen and oxygen atoms in total. The van der Waals surface area contributed by atoms with Crippen LogP contribution < -0.4 is 5.32 Å². The number of rotatable bonds is 8. The largest absolute Gasteiger partial charge is 0.314 e. The molecule has 1 rings (SSSR count). The van der Waals surface area contributed by atoms with Gasteiger partial charge in [0, 0.05) is 18.9 Å². The van der Waals surface area contributed by atoms with Crippen molar-refractivity contribution in [3.05, 3.63) is 0 Å². The van der Waals surface area contributed by atoms with Gasteiger partial charge in [0.15, 0.2) is 0 Å². The Hall–Kier alpha value is -0.180. The van der Waals surface area contributed by atoms with Crippen LogP contribution in [0.4, 0.5) is 8.78 Å². The Bertz CT molecular complexity index is 163. The molecule has 0 saturated heterocycles. The molecule has 1 fully saturated rings. The van der Waals surface area contributed by atoms with E-state index in [0.29, 0.717) is 0 Å². The number of nitrogens with one attached hydrogen (secondary N) is 1. The van der Waals surface area contributed by atoms with Crippen molar-refractivity contribution >= 4 is 0 Å². The highest BCUT2D eigenvalue weighted by Gasteiger charge is 2.44. The van der Waals surface area contributed by atoms with E-state index in [-0.39, 0.29) is 18.9 Å². The lowest BCUT2D eigenvalue weighted by molar-refractivity contribution is -0.0925. The zero-order chi connectivity index (χ0) is 11.1. The van der Waals surface area contributed by atoms with Crippen molar-refractivity contribution in [3.8, 4) is 0 Å². The Kier molecular flexibility index (Phi) is 5.51. The predicted octanol–water partition coefficient (Wildman–Crippen LogP) is 3.73. The maximum Gasteiger partial charge on any atom is 0.251 e. The molecule has 1 saturated carbocycles. The maximum atomic E-state index is 12.5. The van der Waals surface area contributed by atoms with Crippen molar-refractivity contribution in [3.63, 3.8) is 0 Å². The summed E-state index contributed by atoms with van der Waals surface area (Å²) in [6, 6.07) is 0.0793. The molecule has 90 valence electrons. The lowest BCUT2D eigenvalue weighted by Gasteiger charge is -2.35. The number of halogens is 2. The summed E-state index contributed by atoms with van der Waals surface area (Å²) >= 11 is 0. The molecule has 0 aliphatic heterocycles. The summed E-state index contributed by atoms with van der Waals surface area (Å²) in [5.74, 6) is -2.38. The van der Waals surface area contributed by atoms with Crippen LogP contribution in [0.1, 0.15) is 58.3 Å². The normalized spacial score (nSPS) is 20.2. The van der Waals surface area contributed by atoms with Gasteiger partial charge >= 0.3 is 0 Å². The molecule has 0 unspecified atom stereocenters. The molecule has 1 aliphatic carbocycles. The smallest absolute Gasteiger partial charge is 0.251 e. The molecule has 0 radical (unpaired) electrons. The van der Waals surface area contributed by atoms with E-state index in [1.165, 1.54) is 32.1 Å². The third-order valence-electron chi connectivity index (χ3n) is 3.05. The molecule has 0 aromatic heterocycles. The van der Waals surface area contributed by atoms with E-state index >= 15 is 0 Å². The second-order valence-corrected chi connectivity index (χ2v) is 4.68. The number of unbranched alkanes of at least 4 members (excludes halogenated alkanes) is 5. The van der Waals surface area contributed by atoms with E-state index in [1.807, 2.05) is 0 Å². The van der Waals surface area contributed by atoms with Gasteiger partial charge < -0.3 is 5.32 Å². The van der Waals surface area contributed by atoms with Gasteiger partial charge in [0.05, 0.1) is 0 Å². The first-order valence-corrected chi connectivity index (χ1v) is 6.25. The average molecular weight is 219 g/mol. The van der Waals surface area contributed by atoms with Crippen molar-refractivity contribution < 1.29 is 8.78 Å². The Morgan fingerprint density at radius 1 is 1.07 bits per heavy atom. The van der Waals surface area contributed by atoms with E-state index in [0.717, 1.165) is 13.0 Å². The van der Waals surface area contributed by atoms with Crippen LogP contribution >= 0.6 is 0 Å². The molecule has 1 aliphatic rings. The number of hydrogen-bond donors (Lipinski definition) is 1. The highest BCUT2D eigenvalue weighted by Crippen LogP contribution is 2.37. The summed E-state index contributed by atoms with van der Waals surface area (Å²) in [4.78, 5) is 0. The predicted molar refractivity (Wildman–Crippen MR) is 59.3 cm³/mol. The molecule has 0 atom stereocenters. The minimum Gasteiger partial charge on any atom is -0.314 e. The van der Waals surface area contributed by atoms with E-state index in [9.17, 15) is 8.78 Å². The summed E-state index contributed by atoms with van der Waals surface area (Å²) in [6.07, 6.45) is 7.65. The van der Waals surface area contributed by atoms with Crippen molar-refractivity contribution in [1.29, 1.82) is 0 Å². The third-order valence-corrected chi connectivity index (χ3v) is 3.05. The van der Waals surface area contributed by atoms with Gasteiger partial charge in [0.1, 0.15) is 0 Å². The molecule has 1 N–H and O–H groups in total. The van der Waals surface area contributed by atoms with Crippen LogP contribution in [0.25, 0.3) is 0 Å². The first-order valence-electron chi connectivity index (χ1n) is 6.25. The zero-order valence-electron chi connectivity index (χ0n) is 9.70. The topological polar surface area (TPSA) is 12.0 Å². The van der Waals surface area contributed by atoms with E-state index < -0.39 is 5.92 Å². The van der Waals surface area contributed by atoms with Gasteiger partial charge in [-0.15, -0.1) is 0 Å². The lowest BCUT2D eigenvalue weighted by Crippen LogP contribution is -2.48. The Morgan fingerprint density at radius 2 is 1.67 bits per heavy atom. The summed E-state index contributed by atoms with van der Waals surface area (Å²) < 4.78 is 24.9. The van der Waals surface area contributed by atoms with E-state index in [1.54, 1.807) is 0 Å². The summed E-state index contributed by atoms with van der Waals surface area (Å²) in [6.45, 7) is 3.12. The van der Waals surface area contributed by atoms with Crippen LogP contribution in [0, 0.1) is 0 Å². The fraction of sp³-hybridized carbons (Fsp3) is 1.00. The quantitative estimate of drug-likeness (QED) is 0.613. The second-order valence-electron chi connectivity index (χ2n) is 4.68. The first-order chi connectivity index (χ1) is 7.14. The van der Waals surface area contributed by atoms with Crippen LogP contribution in [0.3, 0.4) is 0 Å². The summed E-state index contributed by atoms with van der Waals surface area (Å²) in [5, 5.41) is 3.19. The maximum absolute atomic E-state index is 12.5. The lowest BCUT2D eigenvalue weighted by atomic mass is 9.88. The summed E-state index contributed by atoms with van der Waals surface area (Å²) in [7, 11) is 0. The summed E-state index contributed by atoms with van der Waals surface area (Å²) in [5.41, 5.74) is 0. The fourth-order valence-corrected chi connectivity index (χ4v) is 2.02. The first kappa shape index (κ1) is 12.9. The van der Waals surface area contributed by atoms with Crippen LogP contribution in [-0.4, -0.2) is 18.5 Å².